The maximum Gasteiger partial charge on any atom is 0.247 e. The summed E-state index contributed by atoms with van der Waals surface area (Å²) in [4.78, 5) is 13.5. The third kappa shape index (κ3) is 5.48. The number of amides is 1. The number of rotatable bonds is 7. The monoisotopic (exact) mass is 407 g/mol. The van der Waals surface area contributed by atoms with Crippen LogP contribution < -0.4 is 5.32 Å². The van der Waals surface area contributed by atoms with Gasteiger partial charge in [-0.2, -0.15) is 0 Å². The van der Waals surface area contributed by atoms with Crippen LogP contribution in [0.3, 0.4) is 0 Å². The average Bonchev–Trinajstić information content (AvgIpc) is 3.41. The zero-order valence-corrected chi connectivity index (χ0v) is 17.4. The number of hydrogen-bond acceptors (Lipinski definition) is 5. The standard InChI is InChI=1S/C23H25N3O2S/c1-16-6-8-17(9-7-16)23-26-25-22(28-23)15-14-21(27)24-18-10-12-20(13-11-18)29-19-4-2-3-5-19/h6-13,19H,2-5,14-15H2,1H3,(H,24,27). The van der Waals surface area contributed by atoms with E-state index in [1.165, 1.54) is 36.1 Å². The molecule has 1 aromatic heterocycles. The normalized spacial score (nSPS) is 14.2. The molecule has 0 atom stereocenters. The molecule has 2 aromatic carbocycles. The van der Waals surface area contributed by atoms with Crippen molar-refractivity contribution in [3.05, 3.63) is 60.0 Å². The van der Waals surface area contributed by atoms with E-state index in [0.29, 0.717) is 24.6 Å². The van der Waals surface area contributed by atoms with Gasteiger partial charge >= 0.3 is 0 Å². The van der Waals surface area contributed by atoms with Crippen LogP contribution in [0.25, 0.3) is 11.5 Å². The molecule has 1 fully saturated rings. The van der Waals surface area contributed by atoms with Crippen molar-refractivity contribution >= 4 is 23.4 Å². The van der Waals surface area contributed by atoms with Crippen molar-refractivity contribution < 1.29 is 9.21 Å². The lowest BCUT2D eigenvalue weighted by Gasteiger charge is -2.09. The van der Waals surface area contributed by atoms with Gasteiger partial charge in [-0.05, 0) is 56.2 Å². The van der Waals surface area contributed by atoms with E-state index in [-0.39, 0.29) is 5.91 Å². The van der Waals surface area contributed by atoms with Gasteiger partial charge in [0.15, 0.2) is 0 Å². The molecular formula is C23H25N3O2S. The van der Waals surface area contributed by atoms with Gasteiger partial charge in [-0.15, -0.1) is 22.0 Å². The number of benzene rings is 2. The van der Waals surface area contributed by atoms with Crippen LogP contribution in [0.5, 0.6) is 0 Å². The van der Waals surface area contributed by atoms with Crippen LogP contribution in [0.4, 0.5) is 5.69 Å². The third-order valence-electron chi connectivity index (χ3n) is 5.07. The van der Waals surface area contributed by atoms with Gasteiger partial charge in [-0.25, -0.2) is 0 Å². The van der Waals surface area contributed by atoms with Gasteiger partial charge in [0.1, 0.15) is 0 Å². The first kappa shape index (κ1) is 19.7. The highest BCUT2D eigenvalue weighted by molar-refractivity contribution is 8.00. The van der Waals surface area contributed by atoms with Gasteiger partial charge < -0.3 is 9.73 Å². The summed E-state index contributed by atoms with van der Waals surface area (Å²) in [5.74, 6) is 0.895. The van der Waals surface area contributed by atoms with E-state index in [1.807, 2.05) is 55.1 Å². The zero-order valence-electron chi connectivity index (χ0n) is 16.6. The van der Waals surface area contributed by atoms with E-state index < -0.39 is 0 Å². The number of hydrogen-bond donors (Lipinski definition) is 1. The predicted molar refractivity (Wildman–Crippen MR) is 116 cm³/mol. The molecule has 0 radical (unpaired) electrons. The summed E-state index contributed by atoms with van der Waals surface area (Å²) in [6, 6.07) is 16.0. The first-order valence-corrected chi connectivity index (χ1v) is 11.0. The Labute approximate surface area is 175 Å². The molecule has 6 heteroatoms. The molecule has 0 spiro atoms. The first-order chi connectivity index (χ1) is 14.2. The maximum absolute atomic E-state index is 12.3. The molecule has 0 aliphatic heterocycles. The first-order valence-electron chi connectivity index (χ1n) is 10.1. The molecule has 1 amide bonds. The number of carbonyl (C=O) groups excluding carboxylic acids is 1. The van der Waals surface area contributed by atoms with E-state index in [0.717, 1.165) is 16.5 Å². The summed E-state index contributed by atoms with van der Waals surface area (Å²) in [7, 11) is 0. The quantitative estimate of drug-likeness (QED) is 0.548. The minimum Gasteiger partial charge on any atom is -0.421 e. The molecule has 1 aliphatic rings. The van der Waals surface area contributed by atoms with Gasteiger partial charge in [0.05, 0.1) is 0 Å². The molecule has 1 aliphatic carbocycles. The molecule has 1 heterocycles. The van der Waals surface area contributed by atoms with E-state index in [1.54, 1.807) is 0 Å². The zero-order chi connectivity index (χ0) is 20.1. The van der Waals surface area contributed by atoms with Gasteiger partial charge in [-0.1, -0.05) is 30.5 Å². The van der Waals surface area contributed by atoms with Crippen molar-refractivity contribution in [2.45, 2.75) is 55.6 Å². The van der Waals surface area contributed by atoms with Gasteiger partial charge in [-0.3, -0.25) is 4.79 Å². The SMILES string of the molecule is Cc1ccc(-c2nnc(CCC(=O)Nc3ccc(SC4CCCC4)cc3)o2)cc1. The second kappa shape index (κ2) is 9.27. The van der Waals surface area contributed by atoms with Crippen molar-refractivity contribution in [3.63, 3.8) is 0 Å². The Morgan fingerprint density at radius 3 is 2.52 bits per heavy atom. The van der Waals surface area contributed by atoms with Crippen molar-refractivity contribution in [1.29, 1.82) is 0 Å². The lowest BCUT2D eigenvalue weighted by atomic mass is 10.1. The largest absolute Gasteiger partial charge is 0.421 e. The summed E-state index contributed by atoms with van der Waals surface area (Å²) in [6.45, 7) is 2.03. The fourth-order valence-corrected chi connectivity index (χ4v) is 4.67. The average molecular weight is 408 g/mol. The van der Waals surface area contributed by atoms with Crippen molar-refractivity contribution in [1.82, 2.24) is 10.2 Å². The number of carbonyl (C=O) groups is 1. The number of nitrogens with one attached hydrogen (secondary N) is 1. The fourth-order valence-electron chi connectivity index (χ4n) is 3.43. The lowest BCUT2D eigenvalue weighted by Crippen LogP contribution is -2.12. The number of thioether (sulfide) groups is 1. The van der Waals surface area contributed by atoms with Crippen LogP contribution >= 0.6 is 11.8 Å². The van der Waals surface area contributed by atoms with E-state index >= 15 is 0 Å². The van der Waals surface area contributed by atoms with Crippen LogP contribution in [0.2, 0.25) is 0 Å². The van der Waals surface area contributed by atoms with Crippen molar-refractivity contribution in [3.8, 4) is 11.5 Å². The second-order valence-corrected chi connectivity index (χ2v) is 8.84. The Bertz CT molecular complexity index is 945. The second-order valence-electron chi connectivity index (χ2n) is 7.46. The molecule has 150 valence electrons. The van der Waals surface area contributed by atoms with Crippen LogP contribution in [0.15, 0.2) is 57.8 Å². The Morgan fingerprint density at radius 2 is 1.79 bits per heavy atom. The predicted octanol–water partition coefficient (Wildman–Crippen LogP) is 5.65. The minimum atomic E-state index is -0.0590. The van der Waals surface area contributed by atoms with Crippen LogP contribution in [0.1, 0.15) is 43.6 Å². The van der Waals surface area contributed by atoms with Gasteiger partial charge in [0.25, 0.3) is 0 Å². The van der Waals surface area contributed by atoms with Crippen LogP contribution in [-0.4, -0.2) is 21.4 Å². The maximum atomic E-state index is 12.3. The number of aryl methyl sites for hydroxylation is 2. The highest BCUT2D eigenvalue weighted by Gasteiger charge is 2.16. The smallest absolute Gasteiger partial charge is 0.247 e. The number of aromatic nitrogens is 2. The van der Waals surface area contributed by atoms with Crippen molar-refractivity contribution in [2.75, 3.05) is 5.32 Å². The van der Waals surface area contributed by atoms with Crippen LogP contribution in [0, 0.1) is 6.92 Å². The Morgan fingerprint density at radius 1 is 1.07 bits per heavy atom. The fraction of sp³-hybridized carbons (Fsp3) is 0.348. The number of anilines is 1. The Balaban J connectivity index is 1.26. The molecule has 1 saturated carbocycles. The molecular weight excluding hydrogens is 382 g/mol. The summed E-state index contributed by atoms with van der Waals surface area (Å²) in [5.41, 5.74) is 2.88. The molecule has 0 saturated heterocycles. The summed E-state index contributed by atoms with van der Waals surface area (Å²) >= 11 is 1.95. The molecule has 29 heavy (non-hydrogen) atoms. The summed E-state index contributed by atoms with van der Waals surface area (Å²) in [6.07, 6.45) is 6.03. The van der Waals surface area contributed by atoms with Gasteiger partial charge in [0.2, 0.25) is 17.7 Å². The topological polar surface area (TPSA) is 68.0 Å². The van der Waals surface area contributed by atoms with E-state index in [4.69, 9.17) is 4.42 Å². The molecule has 5 nitrogen and oxygen atoms in total. The summed E-state index contributed by atoms with van der Waals surface area (Å²) < 4.78 is 5.68. The molecule has 0 bridgehead atoms. The van der Waals surface area contributed by atoms with Crippen LogP contribution in [-0.2, 0) is 11.2 Å². The van der Waals surface area contributed by atoms with E-state index in [2.05, 4.69) is 27.6 Å². The van der Waals surface area contributed by atoms with Crippen molar-refractivity contribution in [2.24, 2.45) is 0 Å². The number of nitrogens with zero attached hydrogens (tertiary/aromatic N) is 2. The Kier molecular flexibility index (Phi) is 6.30. The molecule has 4 rings (SSSR count). The highest BCUT2D eigenvalue weighted by Crippen LogP contribution is 2.35. The third-order valence-corrected chi connectivity index (χ3v) is 6.42. The highest BCUT2D eigenvalue weighted by atomic mass is 32.2. The Hall–Kier alpha value is -2.60. The molecule has 1 N–H and O–H groups in total. The molecule has 3 aromatic rings. The van der Waals surface area contributed by atoms with E-state index in [9.17, 15) is 4.79 Å². The lowest BCUT2D eigenvalue weighted by molar-refractivity contribution is -0.116. The van der Waals surface area contributed by atoms with Gasteiger partial charge in [0, 0.05) is 34.2 Å². The molecule has 0 unspecified atom stereocenters. The minimum absolute atomic E-state index is 0.0590. The summed E-state index contributed by atoms with van der Waals surface area (Å²) in [5, 5.41) is 11.8.